The average Bonchev–Trinajstić information content (AvgIpc) is 3.30. The molecule has 0 unspecified atom stereocenters. The van der Waals surface area contributed by atoms with Crippen LogP contribution in [0.1, 0.15) is 29.3 Å². The van der Waals surface area contributed by atoms with E-state index in [-0.39, 0.29) is 18.6 Å². The number of ether oxygens (including phenoxy) is 3. The summed E-state index contributed by atoms with van der Waals surface area (Å²) < 4.78 is 18.6. The molecule has 4 heterocycles. The number of rotatable bonds is 2. The summed E-state index contributed by atoms with van der Waals surface area (Å²) in [5.41, 5.74) is 2.89. The Kier molecular flexibility index (Phi) is 3.14. The molecule has 1 amide bonds. The van der Waals surface area contributed by atoms with Crippen molar-refractivity contribution in [2.75, 3.05) is 13.9 Å². The number of amides is 1. The van der Waals surface area contributed by atoms with Gasteiger partial charge in [-0.15, -0.1) is 11.3 Å². The molecule has 1 atom stereocenters. The highest BCUT2D eigenvalue weighted by molar-refractivity contribution is 7.15. The highest BCUT2D eigenvalue weighted by Crippen LogP contribution is 2.45. The van der Waals surface area contributed by atoms with Crippen molar-refractivity contribution in [3.8, 4) is 17.2 Å². The van der Waals surface area contributed by atoms with E-state index in [1.54, 1.807) is 18.4 Å². The van der Waals surface area contributed by atoms with Crippen molar-refractivity contribution in [1.82, 2.24) is 14.7 Å². The standard InChI is InChI=1S/C17H15N3O4S/c1-22-12-4-9(5-13-16(12)24-8-23-13)10-6-14(21)18-7-11-15(10)20-2-3-25-17(20)19-11/h2-5,10H,6-8H2,1H3,(H,18,21)/t10-/m0/s1. The van der Waals surface area contributed by atoms with Gasteiger partial charge in [0.05, 0.1) is 25.0 Å². The van der Waals surface area contributed by atoms with Crippen molar-refractivity contribution in [2.24, 2.45) is 0 Å². The highest BCUT2D eigenvalue weighted by atomic mass is 32.1. The van der Waals surface area contributed by atoms with Gasteiger partial charge in [-0.05, 0) is 17.7 Å². The van der Waals surface area contributed by atoms with Crippen LogP contribution in [0.2, 0.25) is 0 Å². The minimum atomic E-state index is -0.134. The van der Waals surface area contributed by atoms with Gasteiger partial charge in [0.2, 0.25) is 18.4 Å². The van der Waals surface area contributed by atoms with Gasteiger partial charge in [0, 0.05) is 23.9 Å². The first-order chi connectivity index (χ1) is 12.2. The first kappa shape index (κ1) is 14.6. The van der Waals surface area contributed by atoms with E-state index in [1.165, 1.54) is 0 Å². The number of imidazole rings is 1. The number of benzene rings is 1. The van der Waals surface area contributed by atoms with Crippen molar-refractivity contribution in [3.63, 3.8) is 0 Å². The van der Waals surface area contributed by atoms with Gasteiger partial charge in [0.25, 0.3) is 0 Å². The summed E-state index contributed by atoms with van der Waals surface area (Å²) in [7, 11) is 1.60. The van der Waals surface area contributed by atoms with E-state index in [0.717, 1.165) is 21.9 Å². The molecule has 1 aromatic carbocycles. The zero-order valence-electron chi connectivity index (χ0n) is 13.4. The molecular formula is C17H15N3O4S. The number of nitrogens with one attached hydrogen (secondary N) is 1. The number of aromatic nitrogens is 2. The third-order valence-corrected chi connectivity index (χ3v) is 5.39. The second-order valence-corrected chi connectivity index (χ2v) is 6.86. The van der Waals surface area contributed by atoms with Crippen LogP contribution >= 0.6 is 11.3 Å². The van der Waals surface area contributed by atoms with Crippen LogP contribution in [0, 0.1) is 0 Å². The second-order valence-electron chi connectivity index (χ2n) is 5.99. The number of carbonyl (C=O) groups is 1. The zero-order valence-corrected chi connectivity index (χ0v) is 14.3. The van der Waals surface area contributed by atoms with Gasteiger partial charge >= 0.3 is 0 Å². The molecular weight excluding hydrogens is 342 g/mol. The number of hydrogen-bond donors (Lipinski definition) is 1. The number of fused-ring (bicyclic) bond motifs is 4. The van der Waals surface area contributed by atoms with E-state index in [1.807, 2.05) is 23.7 Å². The average molecular weight is 357 g/mol. The Labute approximate surface area is 147 Å². The van der Waals surface area contributed by atoms with Crippen LogP contribution in [0.3, 0.4) is 0 Å². The molecule has 0 aliphatic carbocycles. The van der Waals surface area contributed by atoms with Crippen molar-refractivity contribution in [1.29, 1.82) is 0 Å². The molecule has 128 valence electrons. The lowest BCUT2D eigenvalue weighted by atomic mass is 9.91. The maximum Gasteiger partial charge on any atom is 0.231 e. The van der Waals surface area contributed by atoms with Crippen LogP contribution in [0.25, 0.3) is 4.96 Å². The second kappa shape index (κ2) is 5.38. The Morgan fingerprint density at radius 2 is 2.32 bits per heavy atom. The summed E-state index contributed by atoms with van der Waals surface area (Å²) in [5, 5.41) is 4.93. The van der Waals surface area contributed by atoms with Crippen LogP contribution < -0.4 is 19.5 Å². The Bertz CT molecular complexity index is 993. The molecule has 0 spiro atoms. The molecule has 8 heteroatoms. The van der Waals surface area contributed by atoms with E-state index in [4.69, 9.17) is 14.2 Å². The molecule has 2 aliphatic heterocycles. The van der Waals surface area contributed by atoms with Crippen LogP contribution in [0.5, 0.6) is 17.2 Å². The minimum absolute atomic E-state index is 0.00335. The van der Waals surface area contributed by atoms with Gasteiger partial charge in [0.15, 0.2) is 16.5 Å². The normalized spacial score (nSPS) is 18.8. The van der Waals surface area contributed by atoms with Crippen molar-refractivity contribution >= 4 is 22.2 Å². The largest absolute Gasteiger partial charge is 0.493 e. The third kappa shape index (κ3) is 2.17. The third-order valence-electron chi connectivity index (χ3n) is 4.63. The van der Waals surface area contributed by atoms with Crippen LogP contribution in [0.4, 0.5) is 0 Å². The Hall–Kier alpha value is -2.74. The van der Waals surface area contributed by atoms with E-state index >= 15 is 0 Å². The Balaban J connectivity index is 1.71. The van der Waals surface area contributed by atoms with Gasteiger partial charge < -0.3 is 19.5 Å². The molecule has 0 radical (unpaired) electrons. The number of methoxy groups -OCH3 is 1. The van der Waals surface area contributed by atoms with Gasteiger partial charge in [0.1, 0.15) is 0 Å². The lowest BCUT2D eigenvalue weighted by Gasteiger charge is -2.17. The van der Waals surface area contributed by atoms with Crippen LogP contribution in [-0.2, 0) is 11.3 Å². The number of nitrogens with zero attached hydrogens (tertiary/aromatic N) is 2. The minimum Gasteiger partial charge on any atom is -0.493 e. The first-order valence-corrected chi connectivity index (χ1v) is 8.81. The molecule has 0 bridgehead atoms. The molecule has 3 aromatic rings. The quantitative estimate of drug-likeness (QED) is 0.762. The predicted molar refractivity (Wildman–Crippen MR) is 90.5 cm³/mol. The molecule has 2 aromatic heterocycles. The fourth-order valence-corrected chi connectivity index (χ4v) is 4.25. The molecule has 0 saturated carbocycles. The maximum atomic E-state index is 12.3. The van der Waals surface area contributed by atoms with Gasteiger partial charge in [-0.3, -0.25) is 9.20 Å². The monoisotopic (exact) mass is 357 g/mol. The molecule has 0 saturated heterocycles. The lowest BCUT2D eigenvalue weighted by Crippen LogP contribution is -2.21. The van der Waals surface area contributed by atoms with Gasteiger partial charge in [-0.2, -0.15) is 0 Å². The van der Waals surface area contributed by atoms with Crippen molar-refractivity contribution < 1.29 is 19.0 Å². The van der Waals surface area contributed by atoms with E-state index in [0.29, 0.717) is 30.2 Å². The smallest absolute Gasteiger partial charge is 0.231 e. The molecule has 25 heavy (non-hydrogen) atoms. The number of carbonyl (C=O) groups excluding carboxylic acids is 1. The zero-order chi connectivity index (χ0) is 17.0. The molecule has 7 nitrogen and oxygen atoms in total. The van der Waals surface area contributed by atoms with E-state index < -0.39 is 0 Å². The molecule has 5 rings (SSSR count). The predicted octanol–water partition coefficient (Wildman–Crippen LogP) is 2.28. The fraction of sp³-hybridized carbons (Fsp3) is 0.294. The maximum absolute atomic E-state index is 12.3. The fourth-order valence-electron chi connectivity index (χ4n) is 3.51. The Morgan fingerprint density at radius 1 is 1.40 bits per heavy atom. The SMILES string of the molecule is COc1cc([C@@H]2CC(=O)NCc3nc4sccn4c32)cc2c1OCO2. The highest BCUT2D eigenvalue weighted by Gasteiger charge is 2.31. The lowest BCUT2D eigenvalue weighted by molar-refractivity contribution is -0.121. The summed E-state index contributed by atoms with van der Waals surface area (Å²) in [6, 6.07) is 3.86. The van der Waals surface area contributed by atoms with Crippen LogP contribution in [0.15, 0.2) is 23.7 Å². The summed E-state index contributed by atoms with van der Waals surface area (Å²) in [4.78, 5) is 17.9. The van der Waals surface area contributed by atoms with Crippen LogP contribution in [-0.4, -0.2) is 29.2 Å². The summed E-state index contributed by atoms with van der Waals surface area (Å²) in [5.74, 6) is 1.74. The van der Waals surface area contributed by atoms with Crippen molar-refractivity contribution in [2.45, 2.75) is 18.9 Å². The van der Waals surface area contributed by atoms with E-state index in [2.05, 4.69) is 14.7 Å². The Morgan fingerprint density at radius 3 is 3.20 bits per heavy atom. The number of hydrogen-bond acceptors (Lipinski definition) is 6. The van der Waals surface area contributed by atoms with Crippen molar-refractivity contribution in [3.05, 3.63) is 40.7 Å². The topological polar surface area (TPSA) is 74.1 Å². The number of thiazole rings is 1. The first-order valence-electron chi connectivity index (χ1n) is 7.93. The summed E-state index contributed by atoms with van der Waals surface area (Å²) >= 11 is 1.58. The van der Waals surface area contributed by atoms with Gasteiger partial charge in [-0.25, -0.2) is 4.98 Å². The summed E-state index contributed by atoms with van der Waals surface area (Å²) in [6.45, 7) is 0.619. The molecule has 2 aliphatic rings. The van der Waals surface area contributed by atoms with E-state index in [9.17, 15) is 4.79 Å². The molecule has 1 N–H and O–H groups in total. The summed E-state index contributed by atoms with van der Waals surface area (Å²) in [6.07, 6.45) is 2.35. The van der Waals surface area contributed by atoms with Gasteiger partial charge in [-0.1, -0.05) is 0 Å². The molecule has 0 fully saturated rings.